The molecule has 3 nitrogen and oxygen atoms in total. The summed E-state index contributed by atoms with van der Waals surface area (Å²) in [6.45, 7) is 14.0. The topological polar surface area (TPSA) is 32.3 Å². The molecule has 1 rings (SSSR count). The van der Waals surface area contributed by atoms with Crippen LogP contribution in [-0.2, 0) is 4.79 Å². The molecule has 4 unspecified atom stereocenters. The van der Waals surface area contributed by atoms with Crippen LogP contribution in [0.25, 0.3) is 0 Å². The van der Waals surface area contributed by atoms with E-state index < -0.39 is 0 Å². The predicted octanol–water partition coefficient (Wildman–Crippen LogP) is 2.86. The van der Waals surface area contributed by atoms with E-state index in [1.807, 2.05) is 0 Å². The third-order valence-corrected chi connectivity index (χ3v) is 4.52. The lowest BCUT2D eigenvalue weighted by Gasteiger charge is -2.28. The molecular weight excluding hydrogens is 224 g/mol. The highest BCUT2D eigenvalue weighted by Gasteiger charge is 2.40. The van der Waals surface area contributed by atoms with Crippen LogP contribution in [0.1, 0.15) is 54.4 Å². The first kappa shape index (κ1) is 15.5. The van der Waals surface area contributed by atoms with E-state index in [-0.39, 0.29) is 12.2 Å². The molecule has 0 aromatic rings. The van der Waals surface area contributed by atoms with Gasteiger partial charge >= 0.3 is 0 Å². The first-order chi connectivity index (χ1) is 8.42. The average molecular weight is 254 g/mol. The number of hydrogen-bond donors (Lipinski definition) is 1. The highest BCUT2D eigenvalue weighted by atomic mass is 16.2. The maximum Gasteiger partial charge on any atom is 0.241 e. The number of carbonyl (C=O) groups excluding carboxylic acids is 1. The van der Waals surface area contributed by atoms with E-state index in [1.54, 1.807) is 0 Å². The van der Waals surface area contributed by atoms with Gasteiger partial charge in [-0.15, -0.1) is 0 Å². The van der Waals surface area contributed by atoms with Crippen LogP contribution in [0.2, 0.25) is 0 Å². The van der Waals surface area contributed by atoms with Crippen molar-refractivity contribution in [2.24, 2.45) is 17.8 Å². The van der Waals surface area contributed by atoms with Gasteiger partial charge in [0.1, 0.15) is 0 Å². The van der Waals surface area contributed by atoms with Crippen LogP contribution in [0, 0.1) is 17.8 Å². The summed E-state index contributed by atoms with van der Waals surface area (Å²) in [5.41, 5.74) is 0. The minimum atomic E-state index is 0.0271. The molecule has 1 fully saturated rings. The molecule has 1 aliphatic heterocycles. The molecule has 1 aliphatic rings. The van der Waals surface area contributed by atoms with E-state index in [4.69, 9.17) is 0 Å². The van der Waals surface area contributed by atoms with Crippen LogP contribution in [0.5, 0.6) is 0 Å². The van der Waals surface area contributed by atoms with Crippen LogP contribution in [-0.4, -0.2) is 29.6 Å². The first-order valence-electron chi connectivity index (χ1n) is 7.48. The monoisotopic (exact) mass is 254 g/mol. The highest BCUT2D eigenvalue weighted by Crippen LogP contribution is 2.23. The fourth-order valence-electron chi connectivity index (χ4n) is 2.42. The van der Waals surface area contributed by atoms with Gasteiger partial charge in [-0.1, -0.05) is 48.0 Å². The summed E-state index contributed by atoms with van der Waals surface area (Å²) in [5, 5.41) is 3.51. The molecule has 1 heterocycles. The van der Waals surface area contributed by atoms with Crippen LogP contribution in [0.15, 0.2) is 0 Å². The maximum absolute atomic E-state index is 12.5. The highest BCUT2D eigenvalue weighted by molar-refractivity contribution is 5.84. The SMILES string of the molecule is CCC(C)C1NC(CC)N(CC(C)C(C)C)C1=O. The minimum Gasteiger partial charge on any atom is -0.326 e. The van der Waals surface area contributed by atoms with Crippen molar-refractivity contribution in [2.75, 3.05) is 6.54 Å². The van der Waals surface area contributed by atoms with Gasteiger partial charge < -0.3 is 4.90 Å². The Labute approximate surface area is 112 Å². The maximum atomic E-state index is 12.5. The van der Waals surface area contributed by atoms with Crippen LogP contribution in [0.3, 0.4) is 0 Å². The van der Waals surface area contributed by atoms with Crippen LogP contribution >= 0.6 is 0 Å². The molecule has 0 bridgehead atoms. The lowest BCUT2D eigenvalue weighted by Crippen LogP contribution is -2.40. The molecule has 4 atom stereocenters. The van der Waals surface area contributed by atoms with Crippen molar-refractivity contribution in [3.63, 3.8) is 0 Å². The van der Waals surface area contributed by atoms with Gasteiger partial charge in [0.2, 0.25) is 5.91 Å². The van der Waals surface area contributed by atoms with Crippen molar-refractivity contribution >= 4 is 5.91 Å². The van der Waals surface area contributed by atoms with Crippen molar-refractivity contribution in [3.05, 3.63) is 0 Å². The van der Waals surface area contributed by atoms with Gasteiger partial charge in [-0.25, -0.2) is 0 Å². The van der Waals surface area contributed by atoms with E-state index in [0.29, 0.717) is 23.7 Å². The Morgan fingerprint density at radius 3 is 2.28 bits per heavy atom. The lowest BCUT2D eigenvalue weighted by atomic mass is 9.96. The molecule has 0 saturated carbocycles. The van der Waals surface area contributed by atoms with Crippen LogP contribution in [0.4, 0.5) is 0 Å². The van der Waals surface area contributed by atoms with Crippen molar-refractivity contribution in [2.45, 2.75) is 66.6 Å². The zero-order valence-corrected chi connectivity index (χ0v) is 12.9. The summed E-state index contributed by atoms with van der Waals surface area (Å²) in [5.74, 6) is 1.91. The number of rotatable bonds is 6. The molecule has 0 radical (unpaired) electrons. The second kappa shape index (κ2) is 6.55. The van der Waals surface area contributed by atoms with Crippen molar-refractivity contribution < 1.29 is 4.79 Å². The molecule has 0 spiro atoms. The molecule has 0 aromatic carbocycles. The largest absolute Gasteiger partial charge is 0.326 e. The van der Waals surface area contributed by atoms with Crippen molar-refractivity contribution in [1.82, 2.24) is 10.2 Å². The normalized spacial score (nSPS) is 27.9. The number of nitrogens with one attached hydrogen (secondary N) is 1. The summed E-state index contributed by atoms with van der Waals surface area (Å²) >= 11 is 0. The molecule has 1 amide bonds. The fourth-order valence-corrected chi connectivity index (χ4v) is 2.42. The summed E-state index contributed by atoms with van der Waals surface area (Å²) in [7, 11) is 0. The van der Waals surface area contributed by atoms with Crippen molar-refractivity contribution in [3.8, 4) is 0 Å². The second-order valence-corrected chi connectivity index (χ2v) is 6.17. The zero-order valence-electron chi connectivity index (χ0n) is 12.9. The van der Waals surface area contributed by atoms with E-state index in [0.717, 1.165) is 19.4 Å². The Morgan fingerprint density at radius 2 is 1.83 bits per heavy atom. The molecular formula is C15H30N2O. The van der Waals surface area contributed by atoms with Gasteiger partial charge in [0.05, 0.1) is 12.2 Å². The Kier molecular flexibility index (Phi) is 5.64. The number of carbonyl (C=O) groups is 1. The van der Waals surface area contributed by atoms with Gasteiger partial charge in [-0.2, -0.15) is 0 Å². The second-order valence-electron chi connectivity index (χ2n) is 6.17. The van der Waals surface area contributed by atoms with E-state index in [9.17, 15) is 4.79 Å². The zero-order chi connectivity index (χ0) is 13.9. The van der Waals surface area contributed by atoms with Gasteiger partial charge in [0.25, 0.3) is 0 Å². The third kappa shape index (κ3) is 3.25. The molecule has 1 saturated heterocycles. The summed E-state index contributed by atoms with van der Waals surface area (Å²) in [6.07, 6.45) is 2.27. The molecule has 0 aliphatic carbocycles. The van der Waals surface area contributed by atoms with Gasteiger partial charge in [-0.3, -0.25) is 10.1 Å². The molecule has 1 N–H and O–H groups in total. The third-order valence-electron chi connectivity index (χ3n) is 4.52. The van der Waals surface area contributed by atoms with Crippen LogP contribution < -0.4 is 5.32 Å². The quantitative estimate of drug-likeness (QED) is 0.790. The fraction of sp³-hybridized carbons (Fsp3) is 0.933. The number of amides is 1. The van der Waals surface area contributed by atoms with E-state index in [2.05, 4.69) is 51.8 Å². The Hall–Kier alpha value is -0.570. The summed E-state index contributed by atoms with van der Waals surface area (Å²) in [6, 6.07) is 0.0271. The van der Waals surface area contributed by atoms with Gasteiger partial charge in [0, 0.05) is 6.54 Å². The smallest absolute Gasteiger partial charge is 0.241 e. The standard InChI is InChI=1S/C15H30N2O/c1-7-11(5)14-15(18)17(13(8-2)16-14)9-12(6)10(3)4/h10-14,16H,7-9H2,1-6H3. The van der Waals surface area contributed by atoms with E-state index in [1.165, 1.54) is 0 Å². The average Bonchev–Trinajstić information content (AvgIpc) is 2.65. The minimum absolute atomic E-state index is 0.0271. The molecule has 18 heavy (non-hydrogen) atoms. The number of hydrogen-bond acceptors (Lipinski definition) is 2. The molecule has 3 heteroatoms. The lowest BCUT2D eigenvalue weighted by molar-refractivity contribution is -0.131. The Bertz CT molecular complexity index is 278. The Balaban J connectivity index is 2.73. The summed E-state index contributed by atoms with van der Waals surface area (Å²) in [4.78, 5) is 14.6. The first-order valence-corrected chi connectivity index (χ1v) is 7.48. The molecule has 106 valence electrons. The number of nitrogens with zero attached hydrogens (tertiary/aromatic N) is 1. The van der Waals surface area contributed by atoms with Crippen molar-refractivity contribution in [1.29, 1.82) is 0 Å². The van der Waals surface area contributed by atoms with Gasteiger partial charge in [-0.05, 0) is 24.2 Å². The Morgan fingerprint density at radius 1 is 1.22 bits per heavy atom. The molecule has 0 aromatic heterocycles. The predicted molar refractivity (Wildman–Crippen MR) is 76.2 cm³/mol. The summed E-state index contributed by atoms with van der Waals surface area (Å²) < 4.78 is 0. The van der Waals surface area contributed by atoms with E-state index >= 15 is 0 Å². The van der Waals surface area contributed by atoms with Gasteiger partial charge in [0.15, 0.2) is 0 Å².